The van der Waals surface area contributed by atoms with Gasteiger partial charge in [0.15, 0.2) is 0 Å². The van der Waals surface area contributed by atoms with Gasteiger partial charge >= 0.3 is 0 Å². The Labute approximate surface area is 117 Å². The van der Waals surface area contributed by atoms with Crippen LogP contribution >= 0.6 is 23.2 Å². The van der Waals surface area contributed by atoms with Crippen LogP contribution in [0.25, 0.3) is 0 Å². The number of carbonyl (C=O) groups excluding carboxylic acids is 1. The van der Waals surface area contributed by atoms with Crippen molar-refractivity contribution in [2.45, 2.75) is 6.42 Å². The highest BCUT2D eigenvalue weighted by molar-refractivity contribution is 6.18. The van der Waals surface area contributed by atoms with E-state index in [0.29, 0.717) is 18.2 Å². The first-order valence-electron chi connectivity index (χ1n) is 6.03. The van der Waals surface area contributed by atoms with E-state index in [1.807, 2.05) is 24.3 Å². The monoisotopic (exact) mass is 286 g/mol. The molecular weight excluding hydrogens is 271 g/mol. The second-order valence-corrected chi connectivity index (χ2v) is 4.93. The van der Waals surface area contributed by atoms with Crippen molar-refractivity contribution in [1.82, 2.24) is 0 Å². The largest absolute Gasteiger partial charge is 0.369 e. The fraction of sp³-hybridized carbons (Fsp3) is 0.462. The molecule has 2 rings (SSSR count). The van der Waals surface area contributed by atoms with Crippen LogP contribution in [0.2, 0.25) is 0 Å². The third-order valence-electron chi connectivity index (χ3n) is 3.09. The van der Waals surface area contributed by atoms with E-state index < -0.39 is 0 Å². The lowest BCUT2D eigenvalue weighted by atomic mass is 10.1. The summed E-state index contributed by atoms with van der Waals surface area (Å²) in [6.45, 7) is 2.37. The molecule has 0 bridgehead atoms. The van der Waals surface area contributed by atoms with Gasteiger partial charge in [-0.3, -0.25) is 4.79 Å². The van der Waals surface area contributed by atoms with E-state index in [4.69, 9.17) is 23.2 Å². The Balaban J connectivity index is 2.07. The van der Waals surface area contributed by atoms with Gasteiger partial charge in [-0.05, 0) is 24.3 Å². The summed E-state index contributed by atoms with van der Waals surface area (Å²) < 4.78 is 0. The smallest absolute Gasteiger partial charge is 0.228 e. The molecule has 1 aliphatic heterocycles. The Hall–Kier alpha value is -0.930. The van der Waals surface area contributed by atoms with Gasteiger partial charge < -0.3 is 9.80 Å². The standard InChI is InChI=1S/C13H16Cl2N2O/c14-6-9-16(10-7-15)11-1-3-12(4-2-11)17-8-5-13(17)18/h1-4H,5-10H2. The number of amides is 1. The maximum absolute atomic E-state index is 11.3. The summed E-state index contributed by atoms with van der Waals surface area (Å²) in [6.07, 6.45) is 0.659. The van der Waals surface area contributed by atoms with Crippen LogP contribution in [0.5, 0.6) is 0 Å². The van der Waals surface area contributed by atoms with Gasteiger partial charge in [0, 0.05) is 49.2 Å². The zero-order valence-corrected chi connectivity index (χ0v) is 11.6. The summed E-state index contributed by atoms with van der Waals surface area (Å²) in [7, 11) is 0. The van der Waals surface area contributed by atoms with Crippen LogP contribution in [0.15, 0.2) is 24.3 Å². The molecule has 0 radical (unpaired) electrons. The van der Waals surface area contributed by atoms with Gasteiger partial charge in [0.25, 0.3) is 0 Å². The lowest BCUT2D eigenvalue weighted by Crippen LogP contribution is -2.43. The highest BCUT2D eigenvalue weighted by Crippen LogP contribution is 2.25. The zero-order chi connectivity index (χ0) is 13.0. The Morgan fingerprint density at radius 3 is 2.11 bits per heavy atom. The highest BCUT2D eigenvalue weighted by atomic mass is 35.5. The van der Waals surface area contributed by atoms with Gasteiger partial charge in [-0.15, -0.1) is 23.2 Å². The molecule has 98 valence electrons. The molecule has 18 heavy (non-hydrogen) atoms. The summed E-state index contributed by atoms with van der Waals surface area (Å²) in [5, 5.41) is 0. The fourth-order valence-electron chi connectivity index (χ4n) is 2.01. The molecule has 0 unspecified atom stereocenters. The number of anilines is 2. The molecule has 1 fully saturated rings. The number of rotatable bonds is 6. The van der Waals surface area contributed by atoms with Crippen molar-refractivity contribution in [1.29, 1.82) is 0 Å². The summed E-state index contributed by atoms with van der Waals surface area (Å²) in [6, 6.07) is 7.98. The molecule has 0 aromatic heterocycles. The van der Waals surface area contributed by atoms with Gasteiger partial charge in [0.05, 0.1) is 0 Å². The normalized spacial score (nSPS) is 14.6. The van der Waals surface area contributed by atoms with Crippen LogP contribution in [0.3, 0.4) is 0 Å². The van der Waals surface area contributed by atoms with E-state index in [2.05, 4.69) is 4.90 Å². The van der Waals surface area contributed by atoms with Gasteiger partial charge in [-0.2, -0.15) is 0 Å². The van der Waals surface area contributed by atoms with E-state index in [9.17, 15) is 4.79 Å². The molecule has 0 spiro atoms. The van der Waals surface area contributed by atoms with Crippen LogP contribution in [0, 0.1) is 0 Å². The summed E-state index contributed by atoms with van der Waals surface area (Å²) in [4.78, 5) is 15.3. The molecule has 0 aliphatic carbocycles. The topological polar surface area (TPSA) is 23.6 Å². The molecule has 1 aromatic carbocycles. The number of nitrogens with zero attached hydrogens (tertiary/aromatic N) is 2. The van der Waals surface area contributed by atoms with Gasteiger partial charge in [-0.25, -0.2) is 0 Å². The lowest BCUT2D eigenvalue weighted by Gasteiger charge is -2.31. The van der Waals surface area contributed by atoms with Gasteiger partial charge in [-0.1, -0.05) is 0 Å². The minimum absolute atomic E-state index is 0.195. The number of halogens is 2. The first-order valence-corrected chi connectivity index (χ1v) is 7.10. The Morgan fingerprint density at radius 1 is 1.11 bits per heavy atom. The third-order valence-corrected chi connectivity index (χ3v) is 3.42. The van der Waals surface area contributed by atoms with E-state index in [-0.39, 0.29) is 5.91 Å². The van der Waals surface area contributed by atoms with Crippen LogP contribution in [0.1, 0.15) is 6.42 Å². The molecule has 1 aromatic rings. The first-order chi connectivity index (χ1) is 8.76. The number of hydrogen-bond acceptors (Lipinski definition) is 2. The quantitative estimate of drug-likeness (QED) is 0.593. The average molecular weight is 287 g/mol. The van der Waals surface area contributed by atoms with Crippen LogP contribution in [-0.4, -0.2) is 37.3 Å². The maximum atomic E-state index is 11.3. The van der Waals surface area contributed by atoms with E-state index in [1.54, 1.807) is 4.90 Å². The predicted octanol–water partition coefficient (Wildman–Crippen LogP) is 2.71. The molecule has 0 saturated carbocycles. The summed E-state index contributed by atoms with van der Waals surface area (Å²) >= 11 is 11.6. The highest BCUT2D eigenvalue weighted by Gasteiger charge is 2.24. The molecule has 1 amide bonds. The van der Waals surface area contributed by atoms with Gasteiger partial charge in [0.2, 0.25) is 5.91 Å². The van der Waals surface area contributed by atoms with Crippen LogP contribution in [-0.2, 0) is 4.79 Å². The van der Waals surface area contributed by atoms with E-state index in [0.717, 1.165) is 31.0 Å². The van der Waals surface area contributed by atoms with Crippen molar-refractivity contribution in [3.05, 3.63) is 24.3 Å². The first kappa shape index (κ1) is 13.5. The molecule has 5 heteroatoms. The number of benzene rings is 1. The van der Waals surface area contributed by atoms with Crippen molar-refractivity contribution in [2.75, 3.05) is 41.2 Å². The Kier molecular flexibility index (Phi) is 4.72. The molecule has 1 saturated heterocycles. The SMILES string of the molecule is O=C1CCN1c1ccc(N(CCCl)CCCl)cc1. The van der Waals surface area contributed by atoms with Crippen LogP contribution in [0.4, 0.5) is 11.4 Å². The maximum Gasteiger partial charge on any atom is 0.228 e. The number of carbonyl (C=O) groups is 1. The minimum Gasteiger partial charge on any atom is -0.369 e. The van der Waals surface area contributed by atoms with Crippen LogP contribution < -0.4 is 9.80 Å². The molecule has 1 heterocycles. The molecule has 3 nitrogen and oxygen atoms in total. The minimum atomic E-state index is 0.195. The molecule has 0 N–H and O–H groups in total. The lowest BCUT2D eigenvalue weighted by molar-refractivity contribution is -0.122. The van der Waals surface area contributed by atoms with Crippen molar-refractivity contribution < 1.29 is 4.79 Å². The van der Waals surface area contributed by atoms with E-state index in [1.165, 1.54) is 0 Å². The summed E-state index contributed by atoms with van der Waals surface area (Å²) in [5.74, 6) is 1.34. The average Bonchev–Trinajstić information content (AvgIpc) is 2.38. The third kappa shape index (κ3) is 2.90. The van der Waals surface area contributed by atoms with E-state index >= 15 is 0 Å². The Morgan fingerprint density at radius 2 is 1.72 bits per heavy atom. The fourth-order valence-corrected chi connectivity index (χ4v) is 2.41. The predicted molar refractivity (Wildman–Crippen MR) is 77.1 cm³/mol. The second kappa shape index (κ2) is 6.30. The van der Waals surface area contributed by atoms with Crippen molar-refractivity contribution in [3.63, 3.8) is 0 Å². The van der Waals surface area contributed by atoms with Crippen molar-refractivity contribution in [2.24, 2.45) is 0 Å². The summed E-state index contributed by atoms with van der Waals surface area (Å²) in [5.41, 5.74) is 2.06. The Bertz CT molecular complexity index is 402. The number of β-lactam (4-membered cyclic amide) rings is 1. The zero-order valence-electron chi connectivity index (χ0n) is 10.1. The molecular formula is C13H16Cl2N2O. The second-order valence-electron chi connectivity index (χ2n) is 4.18. The molecule has 0 atom stereocenters. The number of hydrogen-bond donors (Lipinski definition) is 0. The number of alkyl halides is 2. The molecule has 1 aliphatic rings. The van der Waals surface area contributed by atoms with Crippen molar-refractivity contribution >= 4 is 40.5 Å². The van der Waals surface area contributed by atoms with Crippen molar-refractivity contribution in [3.8, 4) is 0 Å². The van der Waals surface area contributed by atoms with Gasteiger partial charge in [0.1, 0.15) is 0 Å².